The van der Waals surface area contributed by atoms with E-state index < -0.39 is 17.6 Å². The molecule has 1 heterocycles. The Hall–Kier alpha value is -0.650. The minimum absolute atomic E-state index is 0.550. The van der Waals surface area contributed by atoms with Crippen LogP contribution in [-0.2, 0) is 4.79 Å². The van der Waals surface area contributed by atoms with Crippen molar-refractivity contribution in [3.8, 4) is 0 Å². The molecule has 0 aromatic carbocycles. The maximum atomic E-state index is 11.6. The lowest BCUT2D eigenvalue weighted by Crippen LogP contribution is -2.53. The van der Waals surface area contributed by atoms with Gasteiger partial charge in [0.2, 0.25) is 0 Å². The normalized spacial score (nSPS) is 19.6. The average Bonchev–Trinajstić information content (AvgIpc) is 3.03. The molecule has 1 aliphatic heterocycles. The number of nitrogens with one attached hydrogen (secondary N) is 1. The Morgan fingerprint density at radius 2 is 1.70 bits per heavy atom. The van der Waals surface area contributed by atoms with Crippen LogP contribution < -0.4 is 5.32 Å². The van der Waals surface area contributed by atoms with Crippen molar-refractivity contribution < 1.29 is 15.0 Å². The number of carboxylic acids is 1. The first-order chi connectivity index (χ1) is 11.0. The molecule has 5 nitrogen and oxygen atoms in total. The zero-order valence-corrected chi connectivity index (χ0v) is 15.0. The van der Waals surface area contributed by atoms with Crippen LogP contribution in [0.25, 0.3) is 0 Å². The molecule has 23 heavy (non-hydrogen) atoms. The van der Waals surface area contributed by atoms with Crippen molar-refractivity contribution in [2.24, 2.45) is 5.92 Å². The maximum absolute atomic E-state index is 11.6. The van der Waals surface area contributed by atoms with Gasteiger partial charge in [-0.1, -0.05) is 64.7 Å². The Balaban J connectivity index is 2.22. The van der Waals surface area contributed by atoms with Crippen LogP contribution in [0.5, 0.6) is 0 Å². The highest BCUT2D eigenvalue weighted by Crippen LogP contribution is 2.28. The molecule has 1 fully saturated rings. The molecule has 0 spiro atoms. The summed E-state index contributed by atoms with van der Waals surface area (Å²) in [5, 5.41) is 23.3. The number of hydrogen-bond acceptors (Lipinski definition) is 4. The van der Waals surface area contributed by atoms with Crippen molar-refractivity contribution >= 4 is 5.97 Å². The van der Waals surface area contributed by atoms with Gasteiger partial charge in [-0.25, -0.2) is 0 Å². The van der Waals surface area contributed by atoms with Crippen LogP contribution in [-0.4, -0.2) is 46.6 Å². The largest absolute Gasteiger partial charge is 0.481 e. The minimum Gasteiger partial charge on any atom is -0.481 e. The van der Waals surface area contributed by atoms with Crippen LogP contribution >= 0.6 is 0 Å². The van der Waals surface area contributed by atoms with Crippen LogP contribution in [0, 0.1) is 5.92 Å². The van der Waals surface area contributed by atoms with Gasteiger partial charge in [0.15, 0.2) is 0 Å². The molecular formula is C18H36N2O3. The molecule has 0 aromatic heterocycles. The second-order valence-corrected chi connectivity index (χ2v) is 7.02. The van der Waals surface area contributed by atoms with Crippen LogP contribution in [0.1, 0.15) is 78.1 Å². The monoisotopic (exact) mass is 328 g/mol. The zero-order valence-electron chi connectivity index (χ0n) is 15.0. The van der Waals surface area contributed by atoms with Crippen molar-refractivity contribution in [1.29, 1.82) is 0 Å². The Morgan fingerprint density at radius 1 is 1.13 bits per heavy atom. The quantitative estimate of drug-likeness (QED) is 0.453. The number of aliphatic carboxylic acids is 1. The first-order valence-electron chi connectivity index (χ1n) is 9.41. The van der Waals surface area contributed by atoms with Gasteiger partial charge >= 0.3 is 5.97 Å². The maximum Gasteiger partial charge on any atom is 0.310 e. The summed E-state index contributed by atoms with van der Waals surface area (Å²) in [6, 6.07) is 0. The van der Waals surface area contributed by atoms with Gasteiger partial charge in [-0.15, -0.1) is 0 Å². The highest BCUT2D eigenvalue weighted by Gasteiger charge is 2.42. The molecule has 5 heteroatoms. The lowest BCUT2D eigenvalue weighted by Gasteiger charge is -2.37. The zero-order chi connectivity index (χ0) is 17.1. The molecule has 3 N–H and O–H groups in total. The molecule has 0 saturated carbocycles. The smallest absolute Gasteiger partial charge is 0.310 e. The third-order valence-corrected chi connectivity index (χ3v) is 5.06. The SMILES string of the molecule is CCCCCCCCCCCC(C(=O)O)C(C)(O)N1CCNC1. The van der Waals surface area contributed by atoms with Gasteiger partial charge in [0, 0.05) is 13.1 Å². The van der Waals surface area contributed by atoms with Crippen LogP contribution in [0.15, 0.2) is 0 Å². The van der Waals surface area contributed by atoms with Crippen molar-refractivity contribution in [2.75, 3.05) is 19.8 Å². The van der Waals surface area contributed by atoms with E-state index in [-0.39, 0.29) is 0 Å². The van der Waals surface area contributed by atoms with Crippen molar-refractivity contribution in [3.05, 3.63) is 0 Å². The molecule has 2 atom stereocenters. The third kappa shape index (κ3) is 7.19. The van der Waals surface area contributed by atoms with Gasteiger partial charge in [0.25, 0.3) is 0 Å². The topological polar surface area (TPSA) is 72.8 Å². The fourth-order valence-electron chi connectivity index (χ4n) is 3.40. The highest BCUT2D eigenvalue weighted by molar-refractivity contribution is 5.71. The molecule has 0 bridgehead atoms. The van der Waals surface area contributed by atoms with Gasteiger partial charge in [0.05, 0.1) is 12.6 Å². The molecule has 0 radical (unpaired) electrons. The summed E-state index contributed by atoms with van der Waals surface area (Å²) in [6.07, 6.45) is 11.5. The van der Waals surface area contributed by atoms with E-state index in [2.05, 4.69) is 12.2 Å². The molecule has 1 aliphatic rings. The van der Waals surface area contributed by atoms with Crippen LogP contribution in [0.4, 0.5) is 0 Å². The number of carbonyl (C=O) groups is 1. The van der Waals surface area contributed by atoms with Gasteiger partial charge in [-0.05, 0) is 13.3 Å². The molecular weight excluding hydrogens is 292 g/mol. The Labute approximate surface area is 141 Å². The number of nitrogens with zero attached hydrogens (tertiary/aromatic N) is 1. The van der Waals surface area contributed by atoms with Crippen LogP contribution in [0.3, 0.4) is 0 Å². The summed E-state index contributed by atoms with van der Waals surface area (Å²) in [5.41, 5.74) is -1.27. The van der Waals surface area contributed by atoms with Gasteiger partial charge in [-0.3, -0.25) is 9.69 Å². The Kier molecular flexibility index (Phi) is 9.75. The predicted octanol–water partition coefficient (Wildman–Crippen LogP) is 3.18. The fourth-order valence-corrected chi connectivity index (χ4v) is 3.40. The molecule has 0 aromatic rings. The van der Waals surface area contributed by atoms with E-state index in [1.807, 2.05) is 4.90 Å². The predicted molar refractivity (Wildman–Crippen MR) is 93.2 cm³/mol. The summed E-state index contributed by atoms with van der Waals surface area (Å²) < 4.78 is 0. The summed E-state index contributed by atoms with van der Waals surface area (Å²) in [5.74, 6) is -1.60. The lowest BCUT2D eigenvalue weighted by atomic mass is 9.90. The number of unbranched alkanes of at least 4 members (excludes halogenated alkanes) is 8. The molecule has 136 valence electrons. The lowest BCUT2D eigenvalue weighted by molar-refractivity contribution is -0.171. The molecule has 2 unspecified atom stereocenters. The van der Waals surface area contributed by atoms with Gasteiger partial charge in [0.1, 0.15) is 5.72 Å². The van der Waals surface area contributed by atoms with E-state index >= 15 is 0 Å². The van der Waals surface area contributed by atoms with E-state index in [1.165, 1.54) is 44.9 Å². The van der Waals surface area contributed by atoms with Gasteiger partial charge < -0.3 is 15.5 Å². The van der Waals surface area contributed by atoms with Crippen molar-refractivity contribution in [3.63, 3.8) is 0 Å². The highest BCUT2D eigenvalue weighted by atomic mass is 16.4. The summed E-state index contributed by atoms with van der Waals surface area (Å²) in [4.78, 5) is 13.4. The number of carboxylic acid groups (broad SMARTS) is 1. The number of rotatable bonds is 13. The fraction of sp³-hybridized carbons (Fsp3) is 0.944. The van der Waals surface area contributed by atoms with E-state index in [1.54, 1.807) is 6.92 Å². The average molecular weight is 328 g/mol. The van der Waals surface area contributed by atoms with Crippen molar-refractivity contribution in [1.82, 2.24) is 10.2 Å². The van der Waals surface area contributed by atoms with E-state index in [9.17, 15) is 15.0 Å². The molecule has 0 aliphatic carbocycles. The number of hydrogen-bond donors (Lipinski definition) is 3. The standard InChI is InChI=1S/C18H36N2O3/c1-3-4-5-6-7-8-9-10-11-12-16(17(21)22)18(2,23)20-14-13-19-15-20/h16,19,23H,3-15H2,1-2H3,(H,21,22). The van der Waals surface area contributed by atoms with E-state index in [0.29, 0.717) is 19.6 Å². The second kappa shape index (κ2) is 11.0. The molecule has 0 amide bonds. The van der Waals surface area contributed by atoms with Crippen molar-refractivity contribution in [2.45, 2.75) is 83.8 Å². The molecule has 1 saturated heterocycles. The Morgan fingerprint density at radius 3 is 2.17 bits per heavy atom. The minimum atomic E-state index is -1.27. The molecule has 1 rings (SSSR count). The second-order valence-electron chi connectivity index (χ2n) is 7.02. The van der Waals surface area contributed by atoms with E-state index in [0.717, 1.165) is 19.4 Å². The summed E-state index contributed by atoms with van der Waals surface area (Å²) in [7, 11) is 0. The van der Waals surface area contributed by atoms with Crippen LogP contribution in [0.2, 0.25) is 0 Å². The summed E-state index contributed by atoms with van der Waals surface area (Å²) in [6.45, 7) is 5.95. The summed E-state index contributed by atoms with van der Waals surface area (Å²) >= 11 is 0. The third-order valence-electron chi connectivity index (χ3n) is 5.06. The van der Waals surface area contributed by atoms with E-state index in [4.69, 9.17) is 0 Å². The Bertz CT molecular complexity index is 328. The first-order valence-corrected chi connectivity index (χ1v) is 9.41. The van der Waals surface area contributed by atoms with Gasteiger partial charge in [-0.2, -0.15) is 0 Å². The number of aliphatic hydroxyl groups is 1. The first kappa shape index (κ1) is 20.4.